The summed E-state index contributed by atoms with van der Waals surface area (Å²) in [6.07, 6.45) is 1.94. The second-order valence-corrected chi connectivity index (χ2v) is 8.27. The fourth-order valence-electron chi connectivity index (χ4n) is 4.23. The highest BCUT2D eigenvalue weighted by Gasteiger charge is 2.23. The molecular weight excluding hydrogens is 400 g/mol. The molecule has 1 aliphatic rings. The van der Waals surface area contributed by atoms with Crippen molar-refractivity contribution in [2.24, 2.45) is 0 Å². The number of rotatable bonds is 6. The largest absolute Gasteiger partial charge is 0.493 e. The van der Waals surface area contributed by atoms with Crippen LogP contribution in [0.5, 0.6) is 5.75 Å². The van der Waals surface area contributed by atoms with E-state index in [-0.39, 0.29) is 11.8 Å². The number of hydrogen-bond donors (Lipinski definition) is 0. The maximum Gasteiger partial charge on any atom is 0.254 e. The standard InChI is InChI=1S/C27H30N2O3/c1-21-9-2-5-14-25(21)32-20-7-15-26(30)28-16-8-17-29(19-18-28)27(31)24-13-6-11-22-10-3-4-12-23(22)24/h2-6,9-14H,7-8,15-20H2,1H3. The zero-order chi connectivity index (χ0) is 22.3. The molecule has 32 heavy (non-hydrogen) atoms. The van der Waals surface area contributed by atoms with E-state index in [4.69, 9.17) is 4.74 Å². The Hall–Kier alpha value is -3.34. The minimum absolute atomic E-state index is 0.0442. The number of hydrogen-bond acceptors (Lipinski definition) is 3. The lowest BCUT2D eigenvalue weighted by Crippen LogP contribution is -2.37. The minimum atomic E-state index is 0.0442. The van der Waals surface area contributed by atoms with Crippen LogP contribution in [0.25, 0.3) is 10.8 Å². The molecule has 0 atom stereocenters. The number of aryl methyl sites for hydroxylation is 1. The molecule has 1 saturated heterocycles. The van der Waals surface area contributed by atoms with Gasteiger partial charge in [0.25, 0.3) is 5.91 Å². The van der Waals surface area contributed by atoms with E-state index >= 15 is 0 Å². The van der Waals surface area contributed by atoms with Crippen molar-refractivity contribution in [3.8, 4) is 5.75 Å². The molecule has 0 unspecified atom stereocenters. The van der Waals surface area contributed by atoms with Gasteiger partial charge in [0, 0.05) is 38.2 Å². The smallest absolute Gasteiger partial charge is 0.254 e. The van der Waals surface area contributed by atoms with Gasteiger partial charge in [-0.1, -0.05) is 54.6 Å². The van der Waals surface area contributed by atoms with Gasteiger partial charge in [0.1, 0.15) is 5.75 Å². The van der Waals surface area contributed by atoms with Crippen LogP contribution in [0.1, 0.15) is 35.2 Å². The first-order valence-electron chi connectivity index (χ1n) is 11.4. The van der Waals surface area contributed by atoms with Gasteiger partial charge in [-0.05, 0) is 48.2 Å². The molecular formula is C27H30N2O3. The number of ether oxygens (including phenoxy) is 1. The number of nitrogens with zero attached hydrogens (tertiary/aromatic N) is 2. The Balaban J connectivity index is 1.29. The number of para-hydroxylation sites is 1. The van der Waals surface area contributed by atoms with E-state index < -0.39 is 0 Å². The SMILES string of the molecule is Cc1ccccc1OCCCC(=O)N1CCCN(C(=O)c2cccc3ccccc23)CC1. The lowest BCUT2D eigenvalue weighted by atomic mass is 10.0. The summed E-state index contributed by atoms with van der Waals surface area (Å²) in [5, 5.41) is 2.05. The molecule has 0 aromatic heterocycles. The molecule has 0 N–H and O–H groups in total. The van der Waals surface area contributed by atoms with Gasteiger partial charge in [0.05, 0.1) is 6.61 Å². The van der Waals surface area contributed by atoms with E-state index in [9.17, 15) is 9.59 Å². The monoisotopic (exact) mass is 430 g/mol. The third-order valence-electron chi connectivity index (χ3n) is 6.04. The Morgan fingerprint density at radius 2 is 1.56 bits per heavy atom. The summed E-state index contributed by atoms with van der Waals surface area (Å²) < 4.78 is 5.81. The van der Waals surface area contributed by atoms with E-state index in [2.05, 4.69) is 0 Å². The second kappa shape index (κ2) is 10.3. The fraction of sp³-hybridized carbons (Fsp3) is 0.333. The first-order chi connectivity index (χ1) is 15.6. The molecule has 5 nitrogen and oxygen atoms in total. The Kier molecular flexibility index (Phi) is 7.05. The molecule has 3 aromatic rings. The normalized spacial score (nSPS) is 14.3. The second-order valence-electron chi connectivity index (χ2n) is 8.27. The van der Waals surface area contributed by atoms with Gasteiger partial charge in [-0.2, -0.15) is 0 Å². The van der Waals surface area contributed by atoms with Crippen molar-refractivity contribution in [1.82, 2.24) is 9.80 Å². The average Bonchev–Trinajstić information content (AvgIpc) is 3.08. The van der Waals surface area contributed by atoms with E-state index in [1.165, 1.54) is 0 Å². The topological polar surface area (TPSA) is 49.9 Å². The predicted molar refractivity (Wildman–Crippen MR) is 127 cm³/mol. The third-order valence-corrected chi connectivity index (χ3v) is 6.04. The van der Waals surface area contributed by atoms with Crippen molar-refractivity contribution in [3.05, 3.63) is 77.9 Å². The van der Waals surface area contributed by atoms with E-state index in [0.717, 1.165) is 34.1 Å². The first kappa shape index (κ1) is 21.9. The summed E-state index contributed by atoms with van der Waals surface area (Å²) >= 11 is 0. The molecule has 0 aliphatic carbocycles. The van der Waals surface area contributed by atoms with E-state index in [1.54, 1.807) is 0 Å². The summed E-state index contributed by atoms with van der Waals surface area (Å²) in [7, 11) is 0. The average molecular weight is 431 g/mol. The van der Waals surface area contributed by atoms with Crippen molar-refractivity contribution < 1.29 is 14.3 Å². The molecule has 1 aliphatic heterocycles. The maximum absolute atomic E-state index is 13.2. The third kappa shape index (κ3) is 5.10. The van der Waals surface area contributed by atoms with Crippen LogP contribution in [0.15, 0.2) is 66.7 Å². The lowest BCUT2D eigenvalue weighted by molar-refractivity contribution is -0.131. The molecule has 2 amide bonds. The van der Waals surface area contributed by atoms with Gasteiger partial charge in [-0.3, -0.25) is 9.59 Å². The summed E-state index contributed by atoms with van der Waals surface area (Å²) in [6, 6.07) is 21.7. The van der Waals surface area contributed by atoms with Gasteiger partial charge in [-0.25, -0.2) is 0 Å². The van der Waals surface area contributed by atoms with Gasteiger partial charge in [0.15, 0.2) is 0 Å². The zero-order valence-electron chi connectivity index (χ0n) is 18.6. The van der Waals surface area contributed by atoms with Crippen LogP contribution in [0.2, 0.25) is 0 Å². The zero-order valence-corrected chi connectivity index (χ0v) is 18.6. The van der Waals surface area contributed by atoms with Crippen LogP contribution in [0.3, 0.4) is 0 Å². The fourth-order valence-corrected chi connectivity index (χ4v) is 4.23. The molecule has 0 bridgehead atoms. The Bertz CT molecular complexity index is 1090. The number of fused-ring (bicyclic) bond motifs is 1. The summed E-state index contributed by atoms with van der Waals surface area (Å²) in [4.78, 5) is 29.7. The highest BCUT2D eigenvalue weighted by atomic mass is 16.5. The number of carbonyl (C=O) groups excluding carboxylic acids is 2. The van der Waals surface area contributed by atoms with Crippen LogP contribution >= 0.6 is 0 Å². The molecule has 0 radical (unpaired) electrons. The van der Waals surface area contributed by atoms with E-state index in [1.807, 2.05) is 83.5 Å². The Morgan fingerprint density at radius 1 is 0.844 bits per heavy atom. The summed E-state index contributed by atoms with van der Waals surface area (Å²) in [5.41, 5.74) is 1.83. The quantitative estimate of drug-likeness (QED) is 0.534. The molecule has 166 valence electrons. The molecule has 1 heterocycles. The molecule has 3 aromatic carbocycles. The lowest BCUT2D eigenvalue weighted by Gasteiger charge is -2.23. The highest BCUT2D eigenvalue weighted by molar-refractivity contribution is 6.07. The van der Waals surface area contributed by atoms with Gasteiger partial charge >= 0.3 is 0 Å². The van der Waals surface area contributed by atoms with E-state index in [0.29, 0.717) is 45.6 Å². The van der Waals surface area contributed by atoms with Gasteiger partial charge < -0.3 is 14.5 Å². The molecule has 1 fully saturated rings. The predicted octanol–water partition coefficient (Wildman–Crippen LogP) is 4.68. The minimum Gasteiger partial charge on any atom is -0.493 e. The van der Waals surface area contributed by atoms with Crippen LogP contribution in [-0.4, -0.2) is 54.4 Å². The first-order valence-corrected chi connectivity index (χ1v) is 11.4. The Labute approximate surface area is 189 Å². The molecule has 0 saturated carbocycles. The van der Waals surface area contributed by atoms with Crippen molar-refractivity contribution in [1.29, 1.82) is 0 Å². The molecule has 4 rings (SSSR count). The van der Waals surface area contributed by atoms with Gasteiger partial charge in [-0.15, -0.1) is 0 Å². The molecule has 5 heteroatoms. The number of carbonyl (C=O) groups is 2. The van der Waals surface area contributed by atoms with Crippen LogP contribution in [0.4, 0.5) is 0 Å². The maximum atomic E-state index is 13.2. The Morgan fingerprint density at radius 3 is 2.44 bits per heavy atom. The van der Waals surface area contributed by atoms with Crippen LogP contribution < -0.4 is 4.74 Å². The van der Waals surface area contributed by atoms with Crippen molar-refractivity contribution >= 4 is 22.6 Å². The number of amides is 2. The van der Waals surface area contributed by atoms with Crippen molar-refractivity contribution in [2.75, 3.05) is 32.8 Å². The summed E-state index contributed by atoms with van der Waals surface area (Å²) in [5.74, 6) is 1.05. The number of benzene rings is 3. The summed E-state index contributed by atoms with van der Waals surface area (Å²) in [6.45, 7) is 5.04. The molecule has 0 spiro atoms. The van der Waals surface area contributed by atoms with Gasteiger partial charge in [0.2, 0.25) is 5.91 Å². The van der Waals surface area contributed by atoms with Crippen molar-refractivity contribution in [3.63, 3.8) is 0 Å². The van der Waals surface area contributed by atoms with Crippen molar-refractivity contribution in [2.45, 2.75) is 26.2 Å². The van der Waals surface area contributed by atoms with Crippen LogP contribution in [0, 0.1) is 6.92 Å². The highest BCUT2D eigenvalue weighted by Crippen LogP contribution is 2.21. The van der Waals surface area contributed by atoms with Crippen LogP contribution in [-0.2, 0) is 4.79 Å².